The predicted octanol–water partition coefficient (Wildman–Crippen LogP) is 4.52. The van der Waals surface area contributed by atoms with Gasteiger partial charge in [-0.05, 0) is 30.5 Å². The number of aromatic nitrogens is 3. The predicted molar refractivity (Wildman–Crippen MR) is 150 cm³/mol. The smallest absolute Gasteiger partial charge is 0.389 e. The van der Waals surface area contributed by atoms with Crippen LogP contribution in [0.25, 0.3) is 22.5 Å². The average molecular weight is 578 g/mol. The molecule has 1 amide bonds. The molecule has 9 nitrogen and oxygen atoms in total. The highest BCUT2D eigenvalue weighted by molar-refractivity contribution is 6.10. The van der Waals surface area contributed by atoms with Crippen molar-refractivity contribution in [2.45, 2.75) is 57.2 Å². The van der Waals surface area contributed by atoms with Crippen LogP contribution in [-0.4, -0.2) is 62.2 Å². The number of carbonyl (C=O) groups is 2. The van der Waals surface area contributed by atoms with E-state index in [9.17, 15) is 28.0 Å². The van der Waals surface area contributed by atoms with Gasteiger partial charge in [0.2, 0.25) is 5.91 Å². The third kappa shape index (κ3) is 6.20. The van der Waals surface area contributed by atoms with Crippen molar-refractivity contribution >= 4 is 29.1 Å². The molecule has 42 heavy (non-hydrogen) atoms. The number of allylic oxidation sites excluding steroid dienone is 1. The highest BCUT2D eigenvalue weighted by Crippen LogP contribution is 2.48. The number of aliphatic imine (C=N–C) groups is 1. The number of nitriles is 1. The number of benzene rings is 1. The Labute approximate surface area is 240 Å². The van der Waals surface area contributed by atoms with Crippen LogP contribution in [0, 0.1) is 16.7 Å². The first-order valence-electron chi connectivity index (χ1n) is 13.6. The summed E-state index contributed by atoms with van der Waals surface area (Å²) in [5.41, 5.74) is 8.67. The van der Waals surface area contributed by atoms with E-state index in [2.05, 4.69) is 16.2 Å². The SMILES string of the molecule is CC1(C(=O)N2CC(CC#N)(N=CC(=CN)c3cnn4c(-c5cccc(CC(=O)CCC(F)(F)F)c5)cnc4c3)C2)CC1. The molecule has 5 rings (SSSR count). The maximum atomic E-state index is 12.7. The highest BCUT2D eigenvalue weighted by Gasteiger charge is 2.53. The number of hydrogen-bond acceptors (Lipinski definition) is 7. The standard InChI is InChI=1S/C30H30F3N7O2/c1-28(7-8-28)27(42)39-18-29(19-39,9-10-34)37-15-23(14-35)22-13-26-36-17-25(40(26)38-16-22)21-4-2-3-20(11-21)12-24(41)5-6-30(31,32)33/h2-4,11,13-17H,5-9,12,18-19,35H2,1H3. The van der Waals surface area contributed by atoms with Gasteiger partial charge in [0.1, 0.15) is 11.3 Å². The van der Waals surface area contributed by atoms with E-state index in [1.165, 1.54) is 6.20 Å². The number of Topliss-reactive ketones (excluding diaryl/α,β-unsaturated/α-hetero) is 1. The van der Waals surface area contributed by atoms with Gasteiger partial charge in [-0.3, -0.25) is 14.6 Å². The lowest BCUT2D eigenvalue weighted by Crippen LogP contribution is -2.63. The zero-order chi connectivity index (χ0) is 30.1. The largest absolute Gasteiger partial charge is 0.404 e. The van der Waals surface area contributed by atoms with Crippen LogP contribution >= 0.6 is 0 Å². The fraction of sp³-hybridized carbons (Fsp3) is 0.400. The third-order valence-electron chi connectivity index (χ3n) is 7.84. The number of ketones is 1. The van der Waals surface area contributed by atoms with Crippen LogP contribution in [0.1, 0.15) is 50.2 Å². The fourth-order valence-corrected chi connectivity index (χ4v) is 5.07. The molecule has 0 spiro atoms. The van der Waals surface area contributed by atoms with E-state index in [4.69, 9.17) is 10.7 Å². The summed E-state index contributed by atoms with van der Waals surface area (Å²) in [5.74, 6) is -0.368. The van der Waals surface area contributed by atoms with E-state index in [-0.39, 0.29) is 24.2 Å². The summed E-state index contributed by atoms with van der Waals surface area (Å²) in [6.45, 7) is 2.73. The number of nitrogens with two attached hydrogens (primary N) is 1. The molecule has 2 fully saturated rings. The number of rotatable bonds is 10. The Hall–Kier alpha value is -4.53. The first-order chi connectivity index (χ1) is 19.9. The van der Waals surface area contributed by atoms with E-state index in [0.717, 1.165) is 12.8 Å². The lowest BCUT2D eigenvalue weighted by atomic mass is 9.86. The number of fused-ring (bicyclic) bond motifs is 1. The molecule has 0 atom stereocenters. The van der Waals surface area contributed by atoms with E-state index in [1.807, 2.05) is 13.0 Å². The summed E-state index contributed by atoms with van der Waals surface area (Å²) in [7, 11) is 0. The van der Waals surface area contributed by atoms with Gasteiger partial charge in [0.15, 0.2) is 5.65 Å². The summed E-state index contributed by atoms with van der Waals surface area (Å²) in [6, 6.07) is 11.0. The van der Waals surface area contributed by atoms with Crippen molar-refractivity contribution in [1.82, 2.24) is 19.5 Å². The molecule has 1 aliphatic carbocycles. The molecule has 0 unspecified atom stereocenters. The Morgan fingerprint density at radius 3 is 2.64 bits per heavy atom. The average Bonchev–Trinajstić information content (AvgIpc) is 3.54. The number of carbonyl (C=O) groups excluding carboxylic acids is 2. The van der Waals surface area contributed by atoms with Crippen molar-refractivity contribution < 1.29 is 22.8 Å². The number of halogens is 3. The Morgan fingerprint density at radius 2 is 1.98 bits per heavy atom. The number of amides is 1. The van der Waals surface area contributed by atoms with E-state index in [1.54, 1.807) is 52.3 Å². The minimum atomic E-state index is -4.37. The molecule has 2 aromatic heterocycles. The summed E-state index contributed by atoms with van der Waals surface area (Å²) < 4.78 is 39.0. The number of alkyl halides is 3. The molecule has 12 heteroatoms. The molecule has 1 saturated carbocycles. The van der Waals surface area contributed by atoms with Crippen molar-refractivity contribution in [3.8, 4) is 17.3 Å². The van der Waals surface area contributed by atoms with Crippen molar-refractivity contribution in [1.29, 1.82) is 5.26 Å². The first-order valence-corrected chi connectivity index (χ1v) is 13.6. The molecule has 1 aliphatic heterocycles. The van der Waals surface area contributed by atoms with Crippen molar-refractivity contribution in [3.05, 3.63) is 60.1 Å². The molecule has 1 saturated heterocycles. The summed E-state index contributed by atoms with van der Waals surface area (Å²) in [5, 5.41) is 13.9. The van der Waals surface area contributed by atoms with E-state index in [0.29, 0.717) is 46.7 Å². The maximum Gasteiger partial charge on any atom is 0.389 e. The Bertz CT molecular complexity index is 1620. The minimum Gasteiger partial charge on any atom is -0.404 e. The van der Waals surface area contributed by atoms with Crippen LogP contribution in [0.15, 0.2) is 53.9 Å². The van der Waals surface area contributed by atoms with Gasteiger partial charge >= 0.3 is 6.18 Å². The molecule has 2 N–H and O–H groups in total. The number of hydrogen-bond donors (Lipinski definition) is 1. The van der Waals surface area contributed by atoms with Gasteiger partial charge in [-0.25, -0.2) is 9.50 Å². The summed E-state index contributed by atoms with van der Waals surface area (Å²) in [4.78, 5) is 35.6. The summed E-state index contributed by atoms with van der Waals surface area (Å²) in [6.07, 6.45) is 2.03. The topological polar surface area (TPSA) is 130 Å². The molecule has 1 aromatic carbocycles. The van der Waals surface area contributed by atoms with Gasteiger partial charge < -0.3 is 10.6 Å². The normalized spacial score (nSPS) is 17.7. The van der Waals surface area contributed by atoms with Gasteiger partial charge in [-0.1, -0.05) is 25.1 Å². The second-order valence-electron chi connectivity index (χ2n) is 11.4. The Morgan fingerprint density at radius 1 is 1.21 bits per heavy atom. The zero-order valence-corrected chi connectivity index (χ0v) is 23.1. The Kier molecular flexibility index (Phi) is 7.62. The Balaban J connectivity index is 1.30. The lowest BCUT2D eigenvalue weighted by molar-refractivity contribution is -0.143. The number of likely N-dealkylation sites (tertiary alicyclic amines) is 1. The van der Waals surface area contributed by atoms with Crippen molar-refractivity contribution in [2.75, 3.05) is 13.1 Å². The monoisotopic (exact) mass is 577 g/mol. The highest BCUT2D eigenvalue weighted by atomic mass is 19.4. The van der Waals surface area contributed by atoms with Crippen molar-refractivity contribution in [2.24, 2.45) is 16.1 Å². The third-order valence-corrected chi connectivity index (χ3v) is 7.84. The van der Waals surface area contributed by atoms with Gasteiger partial charge in [0, 0.05) is 60.5 Å². The van der Waals surface area contributed by atoms with E-state index < -0.39 is 30.3 Å². The number of imidazole rings is 1. The lowest BCUT2D eigenvalue weighted by Gasteiger charge is -2.47. The summed E-state index contributed by atoms with van der Waals surface area (Å²) >= 11 is 0. The van der Waals surface area contributed by atoms with Crippen LogP contribution < -0.4 is 5.73 Å². The van der Waals surface area contributed by atoms with Crippen LogP contribution in [-0.2, 0) is 16.0 Å². The maximum absolute atomic E-state index is 12.7. The van der Waals surface area contributed by atoms with Crippen LogP contribution in [0.5, 0.6) is 0 Å². The van der Waals surface area contributed by atoms with Gasteiger partial charge in [0.25, 0.3) is 0 Å². The second kappa shape index (κ2) is 11.0. The number of nitrogens with zero attached hydrogens (tertiary/aromatic N) is 6. The quantitative estimate of drug-likeness (QED) is 0.353. The van der Waals surface area contributed by atoms with Crippen LogP contribution in [0.3, 0.4) is 0 Å². The van der Waals surface area contributed by atoms with Gasteiger partial charge in [0.05, 0.1) is 37.0 Å². The molecular formula is C30H30F3N7O2. The first kappa shape index (κ1) is 29.0. The molecule has 2 aliphatic rings. The second-order valence-corrected chi connectivity index (χ2v) is 11.4. The molecule has 0 radical (unpaired) electrons. The minimum absolute atomic E-state index is 0.0965. The van der Waals surface area contributed by atoms with E-state index >= 15 is 0 Å². The molecule has 3 heterocycles. The van der Waals surface area contributed by atoms with Crippen LogP contribution in [0.4, 0.5) is 13.2 Å². The molecular weight excluding hydrogens is 547 g/mol. The van der Waals surface area contributed by atoms with Crippen LogP contribution in [0.2, 0.25) is 0 Å². The van der Waals surface area contributed by atoms with Gasteiger partial charge in [-0.2, -0.15) is 23.5 Å². The molecule has 3 aromatic rings. The molecule has 218 valence electrons. The fourth-order valence-electron chi connectivity index (χ4n) is 5.07. The zero-order valence-electron chi connectivity index (χ0n) is 23.1. The molecule has 0 bridgehead atoms. The van der Waals surface area contributed by atoms with Gasteiger partial charge in [-0.15, -0.1) is 0 Å². The van der Waals surface area contributed by atoms with Crippen molar-refractivity contribution in [3.63, 3.8) is 0 Å².